The van der Waals surface area contributed by atoms with Crippen LogP contribution in [0.4, 0.5) is 0 Å². The van der Waals surface area contributed by atoms with Crippen LogP contribution in [0.3, 0.4) is 0 Å². The Morgan fingerprint density at radius 2 is 2.16 bits per heavy atom. The fourth-order valence-corrected chi connectivity index (χ4v) is 2.55. The normalized spacial score (nSPS) is 17.8. The molecule has 1 aliphatic carbocycles. The van der Waals surface area contributed by atoms with E-state index in [0.717, 1.165) is 18.4 Å². The van der Waals surface area contributed by atoms with E-state index in [2.05, 4.69) is 5.32 Å². The molecule has 1 saturated carbocycles. The van der Waals surface area contributed by atoms with Gasteiger partial charge < -0.3 is 10.4 Å². The van der Waals surface area contributed by atoms with E-state index in [1.54, 1.807) is 0 Å². The van der Waals surface area contributed by atoms with Crippen molar-refractivity contribution in [2.45, 2.75) is 38.1 Å². The molecule has 0 aromatic heterocycles. The van der Waals surface area contributed by atoms with E-state index in [-0.39, 0.29) is 12.5 Å². The quantitative estimate of drug-likeness (QED) is 0.842. The van der Waals surface area contributed by atoms with Crippen LogP contribution in [-0.4, -0.2) is 23.2 Å². The van der Waals surface area contributed by atoms with Crippen LogP contribution in [0.2, 0.25) is 5.02 Å². The number of aliphatic hydroxyl groups is 1. The zero-order chi connectivity index (χ0) is 13.9. The lowest BCUT2D eigenvalue weighted by molar-refractivity contribution is -0.123. The summed E-state index contributed by atoms with van der Waals surface area (Å²) in [6.07, 6.45) is 3.19. The van der Waals surface area contributed by atoms with Gasteiger partial charge in [0.15, 0.2) is 0 Å². The maximum Gasteiger partial charge on any atom is 0.220 e. The van der Waals surface area contributed by atoms with Gasteiger partial charge in [-0.1, -0.05) is 29.8 Å². The van der Waals surface area contributed by atoms with Crippen molar-refractivity contribution in [1.29, 1.82) is 0 Å². The molecule has 1 aliphatic rings. The van der Waals surface area contributed by atoms with Crippen LogP contribution in [0.25, 0.3) is 0 Å². The molecule has 1 unspecified atom stereocenters. The minimum atomic E-state index is -0.461. The van der Waals surface area contributed by atoms with Crippen LogP contribution in [0.5, 0.6) is 0 Å². The summed E-state index contributed by atoms with van der Waals surface area (Å²) in [6, 6.07) is 7.56. The van der Waals surface area contributed by atoms with Crippen LogP contribution in [0, 0.1) is 5.92 Å². The average Bonchev–Trinajstić information content (AvgIpc) is 3.22. The van der Waals surface area contributed by atoms with Crippen molar-refractivity contribution in [2.24, 2.45) is 5.92 Å². The van der Waals surface area contributed by atoms with Gasteiger partial charge in [-0.25, -0.2) is 0 Å². The van der Waals surface area contributed by atoms with E-state index in [9.17, 15) is 9.90 Å². The average molecular weight is 282 g/mol. The Kier molecular flexibility index (Phi) is 4.48. The number of carbonyl (C=O) groups excluding carboxylic acids is 1. The summed E-state index contributed by atoms with van der Waals surface area (Å²) in [6.45, 7) is 1.91. The zero-order valence-corrected chi connectivity index (χ0v) is 11.9. The third kappa shape index (κ3) is 3.71. The summed E-state index contributed by atoms with van der Waals surface area (Å²) >= 11 is 6.06. The van der Waals surface area contributed by atoms with Crippen LogP contribution in [-0.2, 0) is 11.2 Å². The number of aliphatic hydroxyl groups excluding tert-OH is 1. The van der Waals surface area contributed by atoms with E-state index in [1.165, 1.54) is 0 Å². The standard InChI is InChI=1S/C15H20ClNO2/c1-15(10-18,12-7-8-12)17-14(19)9-6-11-4-2-3-5-13(11)16/h2-5,12,18H,6-10H2,1H3,(H,17,19). The highest BCUT2D eigenvalue weighted by molar-refractivity contribution is 6.31. The molecule has 0 heterocycles. The predicted octanol–water partition coefficient (Wildman–Crippen LogP) is 2.55. The van der Waals surface area contributed by atoms with Gasteiger partial charge in [0.25, 0.3) is 0 Å². The first kappa shape index (κ1) is 14.4. The zero-order valence-electron chi connectivity index (χ0n) is 11.2. The van der Waals surface area contributed by atoms with Crippen molar-refractivity contribution in [2.75, 3.05) is 6.61 Å². The molecule has 2 rings (SSSR count). The molecule has 2 N–H and O–H groups in total. The second-order valence-electron chi connectivity index (χ2n) is 5.49. The van der Waals surface area contributed by atoms with E-state index in [1.807, 2.05) is 31.2 Å². The number of aryl methyl sites for hydroxylation is 1. The minimum absolute atomic E-state index is 0.00446. The van der Waals surface area contributed by atoms with Gasteiger partial charge in [0.05, 0.1) is 12.1 Å². The Labute approximate surface area is 119 Å². The van der Waals surface area contributed by atoms with Gasteiger partial charge in [0.2, 0.25) is 5.91 Å². The molecular formula is C15H20ClNO2. The Bertz CT molecular complexity index is 459. The number of nitrogens with one attached hydrogen (secondary N) is 1. The molecule has 0 radical (unpaired) electrons. The third-order valence-corrected chi connectivity index (χ3v) is 4.18. The lowest BCUT2D eigenvalue weighted by Gasteiger charge is -2.28. The van der Waals surface area contributed by atoms with Gasteiger partial charge in [0.1, 0.15) is 0 Å². The number of halogens is 1. The molecule has 0 bridgehead atoms. The maximum atomic E-state index is 12.0. The highest BCUT2D eigenvalue weighted by Gasteiger charge is 2.41. The fourth-order valence-electron chi connectivity index (χ4n) is 2.32. The smallest absolute Gasteiger partial charge is 0.220 e. The molecule has 1 aromatic rings. The van der Waals surface area contributed by atoms with Crippen molar-refractivity contribution < 1.29 is 9.90 Å². The summed E-state index contributed by atoms with van der Waals surface area (Å²) in [4.78, 5) is 12.0. The number of benzene rings is 1. The van der Waals surface area contributed by atoms with Crippen LogP contribution >= 0.6 is 11.6 Å². The van der Waals surface area contributed by atoms with Gasteiger partial charge in [-0.3, -0.25) is 4.79 Å². The van der Waals surface area contributed by atoms with Crippen molar-refractivity contribution >= 4 is 17.5 Å². The highest BCUT2D eigenvalue weighted by Crippen LogP contribution is 2.39. The summed E-state index contributed by atoms with van der Waals surface area (Å²) < 4.78 is 0. The van der Waals surface area contributed by atoms with E-state index >= 15 is 0 Å². The number of hydrogen-bond donors (Lipinski definition) is 2. The van der Waals surface area contributed by atoms with E-state index in [4.69, 9.17) is 11.6 Å². The Morgan fingerprint density at radius 1 is 1.47 bits per heavy atom. The van der Waals surface area contributed by atoms with Crippen molar-refractivity contribution in [3.8, 4) is 0 Å². The number of carbonyl (C=O) groups is 1. The molecule has 0 saturated heterocycles. The summed E-state index contributed by atoms with van der Waals surface area (Å²) in [5.74, 6) is 0.394. The molecule has 104 valence electrons. The van der Waals surface area contributed by atoms with Crippen molar-refractivity contribution in [3.05, 3.63) is 34.9 Å². The largest absolute Gasteiger partial charge is 0.394 e. The lowest BCUT2D eigenvalue weighted by atomic mass is 9.96. The van der Waals surface area contributed by atoms with Gasteiger partial charge in [0, 0.05) is 11.4 Å². The molecule has 3 nitrogen and oxygen atoms in total. The van der Waals surface area contributed by atoms with Gasteiger partial charge in [-0.2, -0.15) is 0 Å². The minimum Gasteiger partial charge on any atom is -0.394 e. The number of amides is 1. The van der Waals surface area contributed by atoms with E-state index in [0.29, 0.717) is 23.8 Å². The van der Waals surface area contributed by atoms with Gasteiger partial charge in [-0.05, 0) is 43.7 Å². The van der Waals surface area contributed by atoms with Crippen molar-refractivity contribution in [1.82, 2.24) is 5.32 Å². The molecule has 1 fully saturated rings. The molecule has 19 heavy (non-hydrogen) atoms. The van der Waals surface area contributed by atoms with Crippen molar-refractivity contribution in [3.63, 3.8) is 0 Å². The van der Waals surface area contributed by atoms with Crippen LogP contribution in [0.15, 0.2) is 24.3 Å². The third-order valence-electron chi connectivity index (χ3n) is 3.81. The predicted molar refractivity (Wildman–Crippen MR) is 76.1 cm³/mol. The summed E-state index contributed by atoms with van der Waals surface area (Å²) in [5, 5.41) is 13.1. The Balaban J connectivity index is 1.86. The second kappa shape index (κ2) is 5.93. The van der Waals surface area contributed by atoms with Gasteiger partial charge in [-0.15, -0.1) is 0 Å². The molecule has 4 heteroatoms. The SMILES string of the molecule is CC(CO)(NC(=O)CCc1ccccc1Cl)C1CC1. The van der Waals surface area contributed by atoms with Crippen LogP contribution < -0.4 is 5.32 Å². The van der Waals surface area contributed by atoms with Gasteiger partial charge >= 0.3 is 0 Å². The second-order valence-corrected chi connectivity index (χ2v) is 5.90. The summed E-state index contributed by atoms with van der Waals surface area (Å²) in [5.41, 5.74) is 0.522. The molecule has 0 spiro atoms. The lowest BCUT2D eigenvalue weighted by Crippen LogP contribution is -2.50. The number of rotatable bonds is 6. The Hall–Kier alpha value is -1.06. The van der Waals surface area contributed by atoms with Crippen LogP contribution in [0.1, 0.15) is 31.7 Å². The monoisotopic (exact) mass is 281 g/mol. The first-order chi connectivity index (χ1) is 9.05. The first-order valence-corrected chi connectivity index (χ1v) is 7.08. The number of hydrogen-bond acceptors (Lipinski definition) is 2. The molecule has 0 aliphatic heterocycles. The Morgan fingerprint density at radius 3 is 2.74 bits per heavy atom. The van der Waals surface area contributed by atoms with E-state index < -0.39 is 5.54 Å². The topological polar surface area (TPSA) is 49.3 Å². The highest BCUT2D eigenvalue weighted by atomic mass is 35.5. The molecule has 1 aromatic carbocycles. The molecular weight excluding hydrogens is 262 g/mol. The summed E-state index contributed by atoms with van der Waals surface area (Å²) in [7, 11) is 0. The molecule has 1 atom stereocenters. The first-order valence-electron chi connectivity index (χ1n) is 6.70. The fraction of sp³-hybridized carbons (Fsp3) is 0.533. The molecule has 1 amide bonds. The maximum absolute atomic E-state index is 12.0.